The summed E-state index contributed by atoms with van der Waals surface area (Å²) in [6.45, 7) is 1.83. The zero-order valence-corrected chi connectivity index (χ0v) is 13.8. The van der Waals surface area contributed by atoms with Crippen LogP contribution < -0.4 is 0 Å². The summed E-state index contributed by atoms with van der Waals surface area (Å²) in [4.78, 5) is 21.7. The van der Waals surface area contributed by atoms with Gasteiger partial charge in [-0.2, -0.15) is 0 Å². The Labute approximate surface area is 136 Å². The molecule has 2 aromatic carbocycles. The third kappa shape index (κ3) is 5.61. The standard InChI is InChI=1S/C18H19O4P/c1-2-22-23(20,21)13-12-15-8-10-17(11-9-15)18(19)14-16-6-4-3-5-7-16/h3-13H,2,14H2,1H3,(H,20,21)/b13-12+. The van der Waals surface area contributed by atoms with Crippen molar-refractivity contribution in [1.29, 1.82) is 0 Å². The van der Waals surface area contributed by atoms with Crippen molar-refractivity contribution < 1.29 is 18.8 Å². The lowest BCUT2D eigenvalue weighted by atomic mass is 10.0. The van der Waals surface area contributed by atoms with E-state index in [1.807, 2.05) is 30.3 Å². The highest BCUT2D eigenvalue weighted by Crippen LogP contribution is 2.43. The molecule has 0 radical (unpaired) electrons. The number of Topliss-reactive ketones (excluding diaryl/α,β-unsaturated/α-hetero) is 1. The van der Waals surface area contributed by atoms with E-state index in [9.17, 15) is 14.3 Å². The lowest BCUT2D eigenvalue weighted by molar-refractivity contribution is 0.0993. The van der Waals surface area contributed by atoms with Crippen LogP contribution in [0.4, 0.5) is 0 Å². The number of benzene rings is 2. The van der Waals surface area contributed by atoms with E-state index in [4.69, 9.17) is 4.52 Å². The Bertz CT molecular complexity index is 720. The first-order chi connectivity index (χ1) is 11.0. The van der Waals surface area contributed by atoms with E-state index < -0.39 is 7.60 Å². The molecule has 2 aromatic rings. The van der Waals surface area contributed by atoms with Crippen molar-refractivity contribution >= 4 is 19.5 Å². The lowest BCUT2D eigenvalue weighted by Gasteiger charge is -2.05. The first-order valence-corrected chi connectivity index (χ1v) is 8.98. The van der Waals surface area contributed by atoms with Gasteiger partial charge in [-0.05, 0) is 24.1 Å². The molecule has 0 aliphatic rings. The minimum absolute atomic E-state index is 0.0360. The number of carbonyl (C=O) groups is 1. The first kappa shape index (κ1) is 17.4. The van der Waals surface area contributed by atoms with E-state index in [1.165, 1.54) is 6.08 Å². The van der Waals surface area contributed by atoms with Gasteiger partial charge < -0.3 is 9.42 Å². The highest BCUT2D eigenvalue weighted by Gasteiger charge is 2.12. The number of hydrogen-bond acceptors (Lipinski definition) is 3. The molecule has 23 heavy (non-hydrogen) atoms. The second kappa shape index (κ2) is 8.02. The summed E-state index contributed by atoms with van der Waals surface area (Å²) < 4.78 is 16.3. The van der Waals surface area contributed by atoms with Gasteiger partial charge in [-0.25, -0.2) is 0 Å². The molecule has 0 aliphatic heterocycles. The van der Waals surface area contributed by atoms with E-state index in [0.29, 0.717) is 12.0 Å². The van der Waals surface area contributed by atoms with Crippen molar-refractivity contribution in [3.05, 3.63) is 77.1 Å². The number of ketones is 1. The highest BCUT2D eigenvalue weighted by atomic mass is 31.2. The van der Waals surface area contributed by atoms with E-state index in [-0.39, 0.29) is 12.4 Å². The average molecular weight is 330 g/mol. The molecule has 5 heteroatoms. The first-order valence-electron chi connectivity index (χ1n) is 7.33. The zero-order chi connectivity index (χ0) is 16.7. The zero-order valence-electron chi connectivity index (χ0n) is 12.9. The summed E-state index contributed by atoms with van der Waals surface area (Å²) in [7, 11) is -3.68. The Morgan fingerprint density at radius 1 is 1.13 bits per heavy atom. The van der Waals surface area contributed by atoms with Crippen molar-refractivity contribution in [3.63, 3.8) is 0 Å². The molecule has 0 heterocycles. The molecule has 0 saturated heterocycles. The second-order valence-corrected chi connectivity index (χ2v) is 6.69. The smallest absolute Gasteiger partial charge is 0.321 e. The van der Waals surface area contributed by atoms with Gasteiger partial charge in [0.15, 0.2) is 5.78 Å². The van der Waals surface area contributed by atoms with Crippen LogP contribution in [0.5, 0.6) is 0 Å². The van der Waals surface area contributed by atoms with E-state index >= 15 is 0 Å². The number of carbonyl (C=O) groups excluding carboxylic acids is 1. The molecular weight excluding hydrogens is 311 g/mol. The van der Waals surface area contributed by atoms with Gasteiger partial charge in [0.05, 0.1) is 6.61 Å². The minimum atomic E-state index is -3.68. The summed E-state index contributed by atoms with van der Waals surface area (Å²) in [5.41, 5.74) is 2.32. The van der Waals surface area contributed by atoms with Crippen LogP contribution in [-0.4, -0.2) is 17.3 Å². The largest absolute Gasteiger partial charge is 0.351 e. The summed E-state index contributed by atoms with van der Waals surface area (Å²) in [6.07, 6.45) is 1.87. The van der Waals surface area contributed by atoms with Crippen LogP contribution >= 0.6 is 7.60 Å². The fourth-order valence-electron chi connectivity index (χ4n) is 2.07. The molecule has 0 fully saturated rings. The minimum Gasteiger partial charge on any atom is -0.321 e. The monoisotopic (exact) mass is 330 g/mol. The predicted molar refractivity (Wildman–Crippen MR) is 91.4 cm³/mol. The van der Waals surface area contributed by atoms with E-state index in [1.54, 1.807) is 31.2 Å². The number of rotatable bonds is 7. The van der Waals surface area contributed by atoms with Gasteiger partial charge in [0.2, 0.25) is 0 Å². The molecule has 1 N–H and O–H groups in total. The van der Waals surface area contributed by atoms with Gasteiger partial charge >= 0.3 is 7.60 Å². The van der Waals surface area contributed by atoms with Crippen molar-refractivity contribution in [2.75, 3.05) is 6.61 Å². The van der Waals surface area contributed by atoms with Crippen LogP contribution in [0.15, 0.2) is 60.4 Å². The van der Waals surface area contributed by atoms with Crippen molar-refractivity contribution in [2.24, 2.45) is 0 Å². The molecule has 0 bridgehead atoms. The summed E-state index contributed by atoms with van der Waals surface area (Å²) >= 11 is 0. The van der Waals surface area contributed by atoms with Crippen LogP contribution in [0.3, 0.4) is 0 Å². The van der Waals surface area contributed by atoms with Crippen LogP contribution in [0.1, 0.15) is 28.4 Å². The molecule has 1 unspecified atom stereocenters. The van der Waals surface area contributed by atoms with Crippen LogP contribution in [0.25, 0.3) is 6.08 Å². The van der Waals surface area contributed by atoms with Crippen molar-refractivity contribution in [1.82, 2.24) is 0 Å². The van der Waals surface area contributed by atoms with Crippen molar-refractivity contribution in [2.45, 2.75) is 13.3 Å². The quantitative estimate of drug-likeness (QED) is 0.607. The van der Waals surface area contributed by atoms with Gasteiger partial charge in [-0.1, -0.05) is 54.6 Å². The fraction of sp³-hybridized carbons (Fsp3) is 0.167. The van der Waals surface area contributed by atoms with Crippen molar-refractivity contribution in [3.8, 4) is 0 Å². The topological polar surface area (TPSA) is 63.6 Å². The maximum Gasteiger partial charge on any atom is 0.351 e. The molecule has 4 nitrogen and oxygen atoms in total. The van der Waals surface area contributed by atoms with E-state index in [2.05, 4.69) is 0 Å². The predicted octanol–water partition coefficient (Wildman–Crippen LogP) is 4.30. The molecule has 1 atom stereocenters. The van der Waals surface area contributed by atoms with Gasteiger partial charge in [-0.15, -0.1) is 0 Å². The molecule has 120 valence electrons. The Balaban J connectivity index is 2.03. The number of hydrogen-bond donors (Lipinski definition) is 1. The Morgan fingerprint density at radius 3 is 2.39 bits per heavy atom. The maximum atomic E-state index is 12.2. The Hall–Kier alpha value is -2.00. The molecule has 2 rings (SSSR count). The summed E-state index contributed by atoms with van der Waals surface area (Å²) in [5, 5.41) is 0. The lowest BCUT2D eigenvalue weighted by Crippen LogP contribution is -2.03. The fourth-order valence-corrected chi connectivity index (χ4v) is 2.89. The van der Waals surface area contributed by atoms with Gasteiger partial charge in [0.25, 0.3) is 0 Å². The van der Waals surface area contributed by atoms with Gasteiger partial charge in [0, 0.05) is 17.8 Å². The molecule has 0 saturated carbocycles. The highest BCUT2D eigenvalue weighted by molar-refractivity contribution is 7.56. The van der Waals surface area contributed by atoms with Crippen LogP contribution in [-0.2, 0) is 15.5 Å². The van der Waals surface area contributed by atoms with Crippen LogP contribution in [0, 0.1) is 0 Å². The van der Waals surface area contributed by atoms with Crippen LogP contribution in [0.2, 0.25) is 0 Å². The molecule has 0 aliphatic carbocycles. The Kier molecular flexibility index (Phi) is 6.05. The molecule has 0 aromatic heterocycles. The summed E-state index contributed by atoms with van der Waals surface area (Å²) in [5.74, 6) is 1.19. The van der Waals surface area contributed by atoms with Gasteiger partial charge in [-0.3, -0.25) is 9.36 Å². The maximum absolute atomic E-state index is 12.2. The summed E-state index contributed by atoms with van der Waals surface area (Å²) in [6, 6.07) is 16.5. The Morgan fingerprint density at radius 2 is 1.78 bits per heavy atom. The molecular formula is C18H19O4P. The second-order valence-electron chi connectivity index (χ2n) is 5.01. The molecule has 0 spiro atoms. The average Bonchev–Trinajstić information content (AvgIpc) is 2.54. The van der Waals surface area contributed by atoms with Gasteiger partial charge in [0.1, 0.15) is 0 Å². The SMILES string of the molecule is CCOP(=O)(O)/C=C/c1ccc(C(=O)Cc2ccccc2)cc1. The van der Waals surface area contributed by atoms with E-state index in [0.717, 1.165) is 16.9 Å². The third-order valence-electron chi connectivity index (χ3n) is 3.21. The normalized spacial score (nSPS) is 13.8. The third-order valence-corrected chi connectivity index (χ3v) is 4.36. The molecule has 0 amide bonds.